The van der Waals surface area contributed by atoms with Gasteiger partial charge >= 0.3 is 5.97 Å². The van der Waals surface area contributed by atoms with Gasteiger partial charge in [-0.25, -0.2) is 4.79 Å². The highest BCUT2D eigenvalue weighted by molar-refractivity contribution is 5.93. The van der Waals surface area contributed by atoms with Gasteiger partial charge in [-0.2, -0.15) is 0 Å². The molecule has 6 heteroatoms. The number of nitro benzene ring substituents is 1. The number of carboxylic acids is 1. The maximum Gasteiger partial charge on any atom is 0.342 e. The van der Waals surface area contributed by atoms with Crippen LogP contribution in [0.15, 0.2) is 18.2 Å². The number of terminal acetylenes is 1. The maximum absolute atomic E-state index is 11.0. The predicted molar refractivity (Wildman–Crippen MR) is 66.8 cm³/mol. The van der Waals surface area contributed by atoms with Crippen LogP contribution in [0, 0.1) is 22.5 Å². The van der Waals surface area contributed by atoms with Crippen LogP contribution in [0.2, 0.25) is 0 Å². The van der Waals surface area contributed by atoms with Crippen LogP contribution in [0.25, 0.3) is 0 Å². The molecule has 0 saturated carbocycles. The van der Waals surface area contributed by atoms with Gasteiger partial charge in [0.05, 0.1) is 11.5 Å². The van der Waals surface area contributed by atoms with E-state index in [0.717, 1.165) is 0 Å². The third-order valence-corrected chi connectivity index (χ3v) is 2.44. The summed E-state index contributed by atoms with van der Waals surface area (Å²) in [6.07, 6.45) is 5.20. The first kappa shape index (κ1) is 13.5. The van der Waals surface area contributed by atoms with Crippen molar-refractivity contribution in [2.24, 2.45) is 0 Å². The van der Waals surface area contributed by atoms with E-state index < -0.39 is 16.6 Å². The number of aromatic carboxylic acids is 1. The van der Waals surface area contributed by atoms with Gasteiger partial charge in [0.2, 0.25) is 0 Å². The van der Waals surface area contributed by atoms with Gasteiger partial charge in [-0.05, 0) is 19.1 Å². The molecule has 0 bridgehead atoms. The molecule has 0 aliphatic carbocycles. The lowest BCUT2D eigenvalue weighted by Crippen LogP contribution is -2.23. The second-order valence-corrected chi connectivity index (χ2v) is 3.48. The molecule has 1 N–H and O–H groups in total. The van der Waals surface area contributed by atoms with Crippen molar-refractivity contribution in [2.75, 3.05) is 18.0 Å². The molecule has 18 heavy (non-hydrogen) atoms. The van der Waals surface area contributed by atoms with Gasteiger partial charge in [-0.1, -0.05) is 5.92 Å². The first-order valence-corrected chi connectivity index (χ1v) is 5.21. The fourth-order valence-electron chi connectivity index (χ4n) is 1.55. The Labute approximate surface area is 104 Å². The van der Waals surface area contributed by atoms with Crippen LogP contribution >= 0.6 is 0 Å². The second-order valence-electron chi connectivity index (χ2n) is 3.48. The topological polar surface area (TPSA) is 83.7 Å². The minimum Gasteiger partial charge on any atom is -0.477 e. The summed E-state index contributed by atoms with van der Waals surface area (Å²) < 4.78 is 0. The molecule has 0 unspecified atom stereocenters. The predicted octanol–water partition coefficient (Wildman–Crippen LogP) is 1.75. The number of hydrogen-bond acceptors (Lipinski definition) is 4. The minimum absolute atomic E-state index is 0.313. The Morgan fingerprint density at radius 2 is 2.28 bits per heavy atom. The molecule has 1 aromatic rings. The number of carbonyl (C=O) groups is 1. The Morgan fingerprint density at radius 1 is 1.61 bits per heavy atom. The number of nitro groups is 1. The first-order valence-electron chi connectivity index (χ1n) is 5.21. The summed E-state index contributed by atoms with van der Waals surface area (Å²) >= 11 is 0. The Morgan fingerprint density at radius 3 is 2.72 bits per heavy atom. The molecular formula is C12H12N2O4. The first-order chi connectivity index (χ1) is 8.51. The van der Waals surface area contributed by atoms with Gasteiger partial charge in [-0.15, -0.1) is 6.42 Å². The molecule has 0 atom stereocenters. The van der Waals surface area contributed by atoms with Crippen LogP contribution in [0.4, 0.5) is 11.4 Å². The summed E-state index contributed by atoms with van der Waals surface area (Å²) in [5.41, 5.74) is -0.213. The van der Waals surface area contributed by atoms with Crippen LogP contribution in [0.1, 0.15) is 17.3 Å². The molecule has 0 aliphatic rings. The van der Waals surface area contributed by atoms with E-state index in [1.807, 2.05) is 6.92 Å². The van der Waals surface area contributed by atoms with Crippen molar-refractivity contribution in [1.29, 1.82) is 0 Å². The van der Waals surface area contributed by atoms with E-state index in [9.17, 15) is 14.9 Å². The van der Waals surface area contributed by atoms with Gasteiger partial charge in [0.25, 0.3) is 5.69 Å². The van der Waals surface area contributed by atoms with Gasteiger partial charge in [0, 0.05) is 18.3 Å². The van der Waals surface area contributed by atoms with Crippen molar-refractivity contribution >= 4 is 17.3 Å². The van der Waals surface area contributed by atoms with Crippen LogP contribution in [-0.2, 0) is 0 Å². The standard InChI is InChI=1S/C12H12N2O4/c1-3-7-13(4-2)9-5-6-11(14(17)18)10(8-9)12(15)16/h1,5-6,8H,4,7H2,2H3,(H,15,16). The fourth-order valence-corrected chi connectivity index (χ4v) is 1.55. The molecule has 0 saturated heterocycles. The summed E-state index contributed by atoms with van der Waals surface area (Å²) in [4.78, 5) is 22.7. The lowest BCUT2D eigenvalue weighted by molar-refractivity contribution is -0.385. The van der Waals surface area contributed by atoms with Gasteiger partial charge < -0.3 is 10.0 Å². The van der Waals surface area contributed by atoms with Gasteiger partial charge in [0.15, 0.2) is 0 Å². The zero-order chi connectivity index (χ0) is 13.7. The Hall–Kier alpha value is -2.55. The monoisotopic (exact) mass is 248 g/mol. The van der Waals surface area contributed by atoms with Crippen molar-refractivity contribution in [3.63, 3.8) is 0 Å². The number of rotatable bonds is 5. The molecule has 0 spiro atoms. The summed E-state index contributed by atoms with van der Waals surface area (Å²) in [5.74, 6) is 1.11. The highest BCUT2D eigenvalue weighted by Crippen LogP contribution is 2.24. The molecule has 0 heterocycles. The number of anilines is 1. The van der Waals surface area contributed by atoms with Gasteiger partial charge in [0.1, 0.15) is 5.56 Å². The number of benzene rings is 1. The van der Waals surface area contributed by atoms with E-state index in [1.54, 1.807) is 4.90 Å². The van der Waals surface area contributed by atoms with E-state index in [-0.39, 0.29) is 5.56 Å². The summed E-state index contributed by atoms with van der Waals surface area (Å²) in [6.45, 7) is 2.76. The molecule has 0 aromatic heterocycles. The Kier molecular flexibility index (Phi) is 4.27. The van der Waals surface area contributed by atoms with E-state index in [4.69, 9.17) is 11.5 Å². The van der Waals surface area contributed by atoms with E-state index >= 15 is 0 Å². The zero-order valence-electron chi connectivity index (χ0n) is 9.79. The summed E-state index contributed by atoms with van der Waals surface area (Å²) in [6, 6.07) is 3.94. The molecule has 1 aromatic carbocycles. The van der Waals surface area contributed by atoms with E-state index in [0.29, 0.717) is 18.8 Å². The maximum atomic E-state index is 11.0. The SMILES string of the molecule is C#CCN(CC)c1ccc([N+](=O)[O-])c(C(=O)O)c1. The zero-order valence-corrected chi connectivity index (χ0v) is 9.79. The van der Waals surface area contributed by atoms with Crippen LogP contribution in [-0.4, -0.2) is 29.1 Å². The van der Waals surface area contributed by atoms with Gasteiger partial charge in [-0.3, -0.25) is 10.1 Å². The fraction of sp³-hybridized carbons (Fsp3) is 0.250. The van der Waals surface area contributed by atoms with Crippen LogP contribution in [0.5, 0.6) is 0 Å². The highest BCUT2D eigenvalue weighted by atomic mass is 16.6. The normalized spacial score (nSPS) is 9.56. The average molecular weight is 248 g/mol. The third kappa shape index (κ3) is 2.77. The Bertz CT molecular complexity index is 519. The van der Waals surface area contributed by atoms with Crippen molar-refractivity contribution in [2.45, 2.75) is 6.92 Å². The van der Waals surface area contributed by atoms with Crippen molar-refractivity contribution in [3.05, 3.63) is 33.9 Å². The molecule has 1 rings (SSSR count). The van der Waals surface area contributed by atoms with Crippen molar-refractivity contribution in [1.82, 2.24) is 0 Å². The lowest BCUT2D eigenvalue weighted by Gasteiger charge is -2.20. The molecule has 94 valence electrons. The minimum atomic E-state index is -1.33. The van der Waals surface area contributed by atoms with E-state index in [2.05, 4.69) is 5.92 Å². The van der Waals surface area contributed by atoms with E-state index in [1.165, 1.54) is 18.2 Å². The number of nitrogens with zero attached hydrogens (tertiary/aromatic N) is 2. The highest BCUT2D eigenvalue weighted by Gasteiger charge is 2.21. The second kappa shape index (κ2) is 5.68. The van der Waals surface area contributed by atoms with Crippen molar-refractivity contribution in [3.8, 4) is 12.3 Å². The summed E-state index contributed by atoms with van der Waals surface area (Å²) in [5, 5.41) is 19.7. The smallest absolute Gasteiger partial charge is 0.342 e. The Balaban J connectivity index is 3.26. The molecule has 0 radical (unpaired) electrons. The molecule has 0 fully saturated rings. The number of hydrogen-bond donors (Lipinski definition) is 1. The summed E-state index contributed by atoms with van der Waals surface area (Å²) in [7, 11) is 0. The molecule has 6 nitrogen and oxygen atoms in total. The average Bonchev–Trinajstić information content (AvgIpc) is 2.35. The largest absolute Gasteiger partial charge is 0.477 e. The molecular weight excluding hydrogens is 236 g/mol. The van der Waals surface area contributed by atoms with Crippen LogP contribution < -0.4 is 4.90 Å². The quantitative estimate of drug-likeness (QED) is 0.487. The van der Waals surface area contributed by atoms with Crippen molar-refractivity contribution < 1.29 is 14.8 Å². The van der Waals surface area contributed by atoms with Crippen LogP contribution in [0.3, 0.4) is 0 Å². The molecule has 0 aliphatic heterocycles. The number of carboxylic acid groups (broad SMARTS) is 1. The third-order valence-electron chi connectivity index (χ3n) is 2.44. The molecule has 0 amide bonds. The lowest BCUT2D eigenvalue weighted by atomic mass is 10.1.